The highest BCUT2D eigenvalue weighted by Crippen LogP contribution is 2.31. The van der Waals surface area contributed by atoms with Crippen LogP contribution in [0.1, 0.15) is 44.1 Å². The standard InChI is InChI=1S/C16H23BrN2O/c1-12-10-13(17)6-7-14(12)19-15(20)11-16(18-2)8-4-3-5-9-16/h6-7,10,18H,3-5,8-9,11H2,1-2H3,(H,19,20). The fourth-order valence-electron chi connectivity index (χ4n) is 3.01. The molecule has 0 saturated heterocycles. The van der Waals surface area contributed by atoms with Crippen LogP contribution in [0, 0.1) is 6.92 Å². The van der Waals surface area contributed by atoms with Crippen LogP contribution in [0.4, 0.5) is 5.69 Å². The topological polar surface area (TPSA) is 41.1 Å². The van der Waals surface area contributed by atoms with Gasteiger partial charge in [-0.1, -0.05) is 35.2 Å². The molecule has 0 radical (unpaired) electrons. The van der Waals surface area contributed by atoms with Crippen LogP contribution < -0.4 is 10.6 Å². The minimum absolute atomic E-state index is 0.00833. The lowest BCUT2D eigenvalue weighted by Crippen LogP contribution is -2.47. The second-order valence-corrected chi connectivity index (χ2v) is 6.69. The Kier molecular flexibility index (Phi) is 5.22. The van der Waals surface area contributed by atoms with Gasteiger partial charge in [-0.05, 0) is 50.6 Å². The van der Waals surface area contributed by atoms with Gasteiger partial charge in [-0.2, -0.15) is 0 Å². The monoisotopic (exact) mass is 338 g/mol. The maximum absolute atomic E-state index is 12.3. The number of carbonyl (C=O) groups excluding carboxylic acids is 1. The van der Waals surface area contributed by atoms with Crippen LogP contribution in [0.2, 0.25) is 0 Å². The molecule has 3 nitrogen and oxygen atoms in total. The third-order valence-electron chi connectivity index (χ3n) is 4.30. The summed E-state index contributed by atoms with van der Waals surface area (Å²) in [6.45, 7) is 2.01. The van der Waals surface area contributed by atoms with E-state index in [1.807, 2.05) is 32.2 Å². The molecule has 1 amide bonds. The van der Waals surface area contributed by atoms with Crippen molar-refractivity contribution in [3.63, 3.8) is 0 Å². The van der Waals surface area contributed by atoms with Gasteiger partial charge >= 0.3 is 0 Å². The van der Waals surface area contributed by atoms with Crippen LogP contribution in [0.5, 0.6) is 0 Å². The predicted molar refractivity (Wildman–Crippen MR) is 87.0 cm³/mol. The van der Waals surface area contributed by atoms with Gasteiger partial charge in [0.15, 0.2) is 0 Å². The zero-order valence-corrected chi connectivity index (χ0v) is 13.8. The van der Waals surface area contributed by atoms with E-state index in [2.05, 4.69) is 26.6 Å². The number of anilines is 1. The fourth-order valence-corrected chi connectivity index (χ4v) is 3.49. The molecule has 4 heteroatoms. The summed E-state index contributed by atoms with van der Waals surface area (Å²) in [5.41, 5.74) is 1.97. The van der Waals surface area contributed by atoms with Gasteiger partial charge in [0.2, 0.25) is 5.91 Å². The van der Waals surface area contributed by atoms with Crippen molar-refractivity contribution in [3.05, 3.63) is 28.2 Å². The van der Waals surface area contributed by atoms with Crippen LogP contribution in [0.15, 0.2) is 22.7 Å². The van der Waals surface area contributed by atoms with E-state index >= 15 is 0 Å². The summed E-state index contributed by atoms with van der Waals surface area (Å²) in [7, 11) is 1.98. The van der Waals surface area contributed by atoms with Crippen LogP contribution in [0.3, 0.4) is 0 Å². The van der Waals surface area contributed by atoms with Crippen LogP contribution >= 0.6 is 15.9 Å². The molecule has 0 spiro atoms. The smallest absolute Gasteiger partial charge is 0.226 e. The molecular formula is C16H23BrN2O. The number of nitrogens with one attached hydrogen (secondary N) is 2. The number of hydrogen-bond acceptors (Lipinski definition) is 2. The number of halogens is 1. The molecule has 1 saturated carbocycles. The molecule has 2 rings (SSSR count). The maximum atomic E-state index is 12.3. The van der Waals surface area contributed by atoms with Gasteiger partial charge in [0.05, 0.1) is 0 Å². The average Bonchev–Trinajstić information content (AvgIpc) is 2.43. The summed E-state index contributed by atoms with van der Waals surface area (Å²) >= 11 is 3.44. The lowest BCUT2D eigenvalue weighted by molar-refractivity contribution is -0.117. The van der Waals surface area contributed by atoms with E-state index in [4.69, 9.17) is 0 Å². The van der Waals surface area contributed by atoms with Gasteiger partial charge in [-0.25, -0.2) is 0 Å². The lowest BCUT2D eigenvalue weighted by atomic mass is 9.79. The zero-order chi connectivity index (χ0) is 14.6. The molecular weight excluding hydrogens is 316 g/mol. The number of hydrogen-bond donors (Lipinski definition) is 2. The van der Waals surface area contributed by atoms with Gasteiger partial charge < -0.3 is 10.6 Å². The highest BCUT2D eigenvalue weighted by molar-refractivity contribution is 9.10. The highest BCUT2D eigenvalue weighted by atomic mass is 79.9. The van der Waals surface area contributed by atoms with Gasteiger partial charge in [0.1, 0.15) is 0 Å². The Bertz CT molecular complexity index is 481. The summed E-state index contributed by atoms with van der Waals surface area (Å²) in [6.07, 6.45) is 6.46. The summed E-state index contributed by atoms with van der Waals surface area (Å²) in [5, 5.41) is 6.43. The molecule has 0 heterocycles. The molecule has 1 fully saturated rings. The minimum atomic E-state index is -0.00833. The van der Waals surface area contributed by atoms with E-state index in [-0.39, 0.29) is 11.4 Å². The molecule has 0 atom stereocenters. The van der Waals surface area contributed by atoms with E-state index in [0.29, 0.717) is 6.42 Å². The zero-order valence-electron chi connectivity index (χ0n) is 12.3. The number of benzene rings is 1. The van der Waals surface area contributed by atoms with E-state index in [9.17, 15) is 4.79 Å². The van der Waals surface area contributed by atoms with Crippen molar-refractivity contribution in [1.29, 1.82) is 0 Å². The molecule has 1 aromatic carbocycles. The first-order valence-corrected chi connectivity index (χ1v) is 8.09. The number of amides is 1. The van der Waals surface area contributed by atoms with E-state index in [1.165, 1.54) is 19.3 Å². The molecule has 1 aromatic rings. The summed E-state index contributed by atoms with van der Waals surface area (Å²) < 4.78 is 1.03. The first-order valence-electron chi connectivity index (χ1n) is 7.30. The molecule has 0 bridgehead atoms. The van der Waals surface area contributed by atoms with Crippen molar-refractivity contribution < 1.29 is 4.79 Å². The van der Waals surface area contributed by atoms with Crippen molar-refractivity contribution in [1.82, 2.24) is 5.32 Å². The maximum Gasteiger partial charge on any atom is 0.226 e. The van der Waals surface area contributed by atoms with E-state index < -0.39 is 0 Å². The summed E-state index contributed by atoms with van der Waals surface area (Å²) in [6, 6.07) is 5.92. The highest BCUT2D eigenvalue weighted by Gasteiger charge is 2.32. The molecule has 0 unspecified atom stereocenters. The average molecular weight is 339 g/mol. The summed E-state index contributed by atoms with van der Waals surface area (Å²) in [4.78, 5) is 12.3. The van der Waals surface area contributed by atoms with Crippen LogP contribution in [0.25, 0.3) is 0 Å². The third-order valence-corrected chi connectivity index (χ3v) is 4.80. The predicted octanol–water partition coefficient (Wildman–Crippen LogP) is 4.01. The van der Waals surface area contributed by atoms with Crippen molar-refractivity contribution in [2.45, 2.75) is 51.0 Å². The van der Waals surface area contributed by atoms with Gasteiger partial charge in [-0.15, -0.1) is 0 Å². The van der Waals surface area contributed by atoms with Crippen LogP contribution in [-0.2, 0) is 4.79 Å². The van der Waals surface area contributed by atoms with Crippen LogP contribution in [-0.4, -0.2) is 18.5 Å². The van der Waals surface area contributed by atoms with Crippen molar-refractivity contribution in [2.75, 3.05) is 12.4 Å². The first kappa shape index (κ1) is 15.5. The fraction of sp³-hybridized carbons (Fsp3) is 0.562. The molecule has 20 heavy (non-hydrogen) atoms. The van der Waals surface area contributed by atoms with Gasteiger partial charge in [0, 0.05) is 22.1 Å². The summed E-state index contributed by atoms with van der Waals surface area (Å²) in [5.74, 6) is 0.103. The van der Waals surface area contributed by atoms with Crippen molar-refractivity contribution >= 4 is 27.5 Å². The second kappa shape index (κ2) is 6.72. The molecule has 2 N–H and O–H groups in total. The second-order valence-electron chi connectivity index (χ2n) is 5.78. The molecule has 1 aliphatic rings. The van der Waals surface area contributed by atoms with Gasteiger partial charge in [-0.3, -0.25) is 4.79 Å². The SMILES string of the molecule is CNC1(CC(=O)Nc2ccc(Br)cc2C)CCCCC1. The van der Waals surface area contributed by atoms with Crippen molar-refractivity contribution in [2.24, 2.45) is 0 Å². The first-order chi connectivity index (χ1) is 9.54. The Balaban J connectivity index is 2.00. The lowest BCUT2D eigenvalue weighted by Gasteiger charge is -2.36. The Morgan fingerprint density at radius 2 is 2.00 bits per heavy atom. The molecule has 0 aliphatic heterocycles. The molecule has 0 aromatic heterocycles. The van der Waals surface area contributed by atoms with E-state index in [1.54, 1.807) is 0 Å². The van der Waals surface area contributed by atoms with E-state index in [0.717, 1.165) is 28.6 Å². The van der Waals surface area contributed by atoms with Gasteiger partial charge in [0.25, 0.3) is 0 Å². The third kappa shape index (κ3) is 3.83. The quantitative estimate of drug-likeness (QED) is 0.870. The Labute approximate surface area is 129 Å². The Morgan fingerprint density at radius 1 is 1.30 bits per heavy atom. The minimum Gasteiger partial charge on any atom is -0.326 e. The largest absolute Gasteiger partial charge is 0.326 e. The molecule has 110 valence electrons. The normalized spacial score (nSPS) is 17.8. The number of carbonyl (C=O) groups is 1. The Hall–Kier alpha value is -0.870. The van der Waals surface area contributed by atoms with Crippen molar-refractivity contribution in [3.8, 4) is 0 Å². The Morgan fingerprint density at radius 3 is 2.60 bits per heavy atom. The number of aryl methyl sites for hydroxylation is 1. The molecule has 1 aliphatic carbocycles. The number of rotatable bonds is 4.